The molecular formula is C26H23ClN2O5S. The van der Waals surface area contributed by atoms with E-state index in [9.17, 15) is 13.2 Å². The maximum atomic E-state index is 13.7. The molecule has 0 fully saturated rings. The summed E-state index contributed by atoms with van der Waals surface area (Å²) in [5.74, 6) is 0.142. The summed E-state index contributed by atoms with van der Waals surface area (Å²) in [6, 6.07) is 23.6. The van der Waals surface area contributed by atoms with E-state index in [4.69, 9.17) is 21.1 Å². The van der Waals surface area contributed by atoms with Gasteiger partial charge in [0.2, 0.25) is 5.91 Å². The van der Waals surface area contributed by atoms with Crippen LogP contribution in [0.3, 0.4) is 0 Å². The Hall–Kier alpha value is -3.75. The van der Waals surface area contributed by atoms with Gasteiger partial charge in [-0.25, -0.2) is 8.42 Å². The number of fused-ring (bicyclic) bond motifs is 1. The molecule has 0 saturated carbocycles. The number of nitrogens with one attached hydrogen (secondary N) is 1. The number of ether oxygens (including phenoxy) is 2. The van der Waals surface area contributed by atoms with Gasteiger partial charge in [-0.1, -0.05) is 48.0 Å². The second-order valence-electron chi connectivity index (χ2n) is 7.58. The lowest BCUT2D eigenvalue weighted by molar-refractivity contribution is -0.114. The summed E-state index contributed by atoms with van der Waals surface area (Å²) in [5, 5.41) is 5.09. The molecule has 7 nitrogen and oxygen atoms in total. The predicted molar refractivity (Wildman–Crippen MR) is 138 cm³/mol. The van der Waals surface area contributed by atoms with Gasteiger partial charge in [0.25, 0.3) is 10.0 Å². The minimum atomic E-state index is -4.16. The van der Waals surface area contributed by atoms with Gasteiger partial charge in [0.1, 0.15) is 6.54 Å². The van der Waals surface area contributed by atoms with Crippen LogP contribution in [0.1, 0.15) is 0 Å². The van der Waals surface area contributed by atoms with E-state index >= 15 is 0 Å². The van der Waals surface area contributed by atoms with E-state index in [0.717, 1.165) is 15.1 Å². The number of methoxy groups -OCH3 is 2. The molecule has 0 atom stereocenters. The molecule has 0 aliphatic heterocycles. The van der Waals surface area contributed by atoms with Crippen molar-refractivity contribution in [2.45, 2.75) is 4.90 Å². The van der Waals surface area contributed by atoms with Crippen LogP contribution in [0.15, 0.2) is 89.8 Å². The second kappa shape index (κ2) is 10.2. The van der Waals surface area contributed by atoms with Gasteiger partial charge in [0.15, 0.2) is 11.5 Å². The fourth-order valence-corrected chi connectivity index (χ4v) is 5.24. The normalized spacial score (nSPS) is 11.2. The van der Waals surface area contributed by atoms with Crippen LogP contribution in [0.25, 0.3) is 10.8 Å². The average Bonchev–Trinajstić information content (AvgIpc) is 2.87. The number of nitrogens with zero attached hydrogens (tertiary/aromatic N) is 1. The highest BCUT2D eigenvalue weighted by Gasteiger charge is 2.28. The highest BCUT2D eigenvalue weighted by atomic mass is 35.5. The third-order valence-electron chi connectivity index (χ3n) is 5.41. The molecule has 35 heavy (non-hydrogen) atoms. The van der Waals surface area contributed by atoms with Gasteiger partial charge < -0.3 is 14.8 Å². The topological polar surface area (TPSA) is 84.9 Å². The predicted octanol–water partition coefficient (Wildman–Crippen LogP) is 5.34. The Labute approximate surface area is 208 Å². The molecule has 4 rings (SSSR count). The van der Waals surface area contributed by atoms with E-state index in [2.05, 4.69) is 5.32 Å². The van der Waals surface area contributed by atoms with Gasteiger partial charge in [0.05, 0.1) is 24.8 Å². The van der Waals surface area contributed by atoms with Crippen molar-refractivity contribution in [2.75, 3.05) is 30.4 Å². The maximum absolute atomic E-state index is 13.7. The minimum absolute atomic E-state index is 0.0527. The zero-order valence-corrected chi connectivity index (χ0v) is 20.6. The first-order valence-corrected chi connectivity index (χ1v) is 12.4. The fourth-order valence-electron chi connectivity index (χ4n) is 3.68. The Morgan fingerprint density at radius 3 is 2.29 bits per heavy atom. The number of carbonyl (C=O) groups excluding carboxylic acids is 1. The molecule has 1 amide bonds. The summed E-state index contributed by atoms with van der Waals surface area (Å²) in [6.45, 7) is -0.457. The van der Waals surface area contributed by atoms with E-state index in [1.807, 2.05) is 36.4 Å². The number of hydrogen-bond acceptors (Lipinski definition) is 5. The smallest absolute Gasteiger partial charge is 0.264 e. The van der Waals surface area contributed by atoms with Crippen molar-refractivity contribution in [3.05, 3.63) is 90.0 Å². The van der Waals surface area contributed by atoms with Crippen LogP contribution in [0, 0.1) is 0 Å². The van der Waals surface area contributed by atoms with Gasteiger partial charge in [0, 0.05) is 22.2 Å². The first-order valence-electron chi connectivity index (χ1n) is 10.6. The van der Waals surface area contributed by atoms with Crippen molar-refractivity contribution in [3.63, 3.8) is 0 Å². The Bertz CT molecular complexity index is 1470. The van der Waals surface area contributed by atoms with Crippen LogP contribution < -0.4 is 19.1 Å². The number of rotatable bonds is 8. The van der Waals surface area contributed by atoms with Crippen LogP contribution in [0.2, 0.25) is 5.02 Å². The lowest BCUT2D eigenvalue weighted by atomic mass is 10.1. The molecule has 4 aromatic rings. The lowest BCUT2D eigenvalue weighted by Gasteiger charge is -2.24. The molecule has 0 aliphatic rings. The highest BCUT2D eigenvalue weighted by molar-refractivity contribution is 7.92. The van der Waals surface area contributed by atoms with Crippen molar-refractivity contribution >= 4 is 49.7 Å². The SMILES string of the molecule is COc1ccc(S(=O)(=O)N(CC(=O)Nc2cccc3ccccc23)c2ccc(Cl)cc2)cc1OC. The summed E-state index contributed by atoms with van der Waals surface area (Å²) in [5.41, 5.74) is 0.880. The number of carbonyl (C=O) groups is 1. The molecule has 0 spiro atoms. The Morgan fingerprint density at radius 1 is 0.886 bits per heavy atom. The van der Waals surface area contributed by atoms with E-state index < -0.39 is 22.5 Å². The van der Waals surface area contributed by atoms with E-state index in [-0.39, 0.29) is 16.3 Å². The third-order valence-corrected chi connectivity index (χ3v) is 7.43. The van der Waals surface area contributed by atoms with Gasteiger partial charge in [-0.05, 0) is 47.9 Å². The Balaban J connectivity index is 1.70. The number of sulfonamides is 1. The molecule has 0 unspecified atom stereocenters. The number of halogens is 1. The van der Waals surface area contributed by atoms with Gasteiger partial charge >= 0.3 is 0 Å². The van der Waals surface area contributed by atoms with Crippen LogP contribution in [-0.2, 0) is 14.8 Å². The first-order chi connectivity index (χ1) is 16.8. The van der Waals surface area contributed by atoms with Crippen LogP contribution in [0.5, 0.6) is 11.5 Å². The Morgan fingerprint density at radius 2 is 1.57 bits per heavy atom. The van der Waals surface area contributed by atoms with Gasteiger partial charge in [-0.3, -0.25) is 9.10 Å². The maximum Gasteiger partial charge on any atom is 0.264 e. The van der Waals surface area contributed by atoms with Gasteiger partial charge in [-0.15, -0.1) is 0 Å². The van der Waals surface area contributed by atoms with Crippen molar-refractivity contribution in [3.8, 4) is 11.5 Å². The van der Waals surface area contributed by atoms with Crippen molar-refractivity contribution < 1.29 is 22.7 Å². The summed E-state index contributed by atoms with van der Waals surface area (Å²) in [4.78, 5) is 13.1. The standard InChI is InChI=1S/C26H23ClN2O5S/c1-33-24-15-14-21(16-25(24)34-2)35(31,32)29(20-12-10-19(27)11-13-20)17-26(30)28-23-9-5-7-18-6-3-4-8-22(18)23/h3-16H,17H2,1-2H3,(H,28,30). The summed E-state index contributed by atoms with van der Waals surface area (Å²) in [7, 11) is -1.28. The average molecular weight is 511 g/mol. The zero-order valence-electron chi connectivity index (χ0n) is 19.1. The summed E-state index contributed by atoms with van der Waals surface area (Å²) in [6.07, 6.45) is 0. The van der Waals surface area contributed by atoms with Crippen LogP contribution >= 0.6 is 11.6 Å². The fraction of sp³-hybridized carbons (Fsp3) is 0.115. The minimum Gasteiger partial charge on any atom is -0.493 e. The number of hydrogen-bond donors (Lipinski definition) is 1. The molecule has 0 bridgehead atoms. The molecular weight excluding hydrogens is 488 g/mol. The summed E-state index contributed by atoms with van der Waals surface area (Å²) < 4.78 is 38.9. The monoisotopic (exact) mass is 510 g/mol. The zero-order chi connectivity index (χ0) is 25.0. The molecule has 0 heterocycles. The van der Waals surface area contributed by atoms with E-state index in [1.54, 1.807) is 30.3 Å². The van der Waals surface area contributed by atoms with Gasteiger partial charge in [-0.2, -0.15) is 0 Å². The molecule has 0 aromatic heterocycles. The summed E-state index contributed by atoms with van der Waals surface area (Å²) >= 11 is 6.01. The van der Waals surface area contributed by atoms with Crippen LogP contribution in [-0.4, -0.2) is 35.1 Å². The van der Waals surface area contributed by atoms with Crippen molar-refractivity contribution in [1.82, 2.24) is 0 Å². The molecule has 4 aromatic carbocycles. The molecule has 0 radical (unpaired) electrons. The van der Waals surface area contributed by atoms with Crippen LogP contribution in [0.4, 0.5) is 11.4 Å². The second-order valence-corrected chi connectivity index (χ2v) is 9.88. The lowest BCUT2D eigenvalue weighted by Crippen LogP contribution is -2.38. The van der Waals surface area contributed by atoms with Crippen molar-refractivity contribution in [1.29, 1.82) is 0 Å². The first kappa shape index (κ1) is 24.4. The Kier molecular flexibility index (Phi) is 7.14. The number of benzene rings is 4. The third kappa shape index (κ3) is 5.18. The molecule has 0 aliphatic carbocycles. The molecule has 9 heteroatoms. The van der Waals surface area contributed by atoms with E-state index in [0.29, 0.717) is 16.5 Å². The highest BCUT2D eigenvalue weighted by Crippen LogP contribution is 2.32. The molecule has 180 valence electrons. The van der Waals surface area contributed by atoms with E-state index in [1.165, 1.54) is 32.4 Å². The number of amides is 1. The molecule has 1 N–H and O–H groups in total. The number of anilines is 2. The largest absolute Gasteiger partial charge is 0.493 e. The quantitative estimate of drug-likeness (QED) is 0.345. The van der Waals surface area contributed by atoms with Crippen molar-refractivity contribution in [2.24, 2.45) is 0 Å². The molecule has 0 saturated heterocycles.